The fraction of sp³-hybridized carbons (Fsp3) is 0.600. The number of carbonyl (C=O) groups excluding carboxylic acids is 1. The molecule has 3 aliphatic rings. The highest BCUT2D eigenvalue weighted by atomic mass is 32.1. The Morgan fingerprint density at radius 1 is 1.26 bits per heavy atom. The Hall–Kier alpha value is -1.70. The molecule has 0 atom stereocenters. The zero-order chi connectivity index (χ0) is 18.3. The van der Waals surface area contributed by atoms with Crippen molar-refractivity contribution >= 4 is 17.2 Å². The van der Waals surface area contributed by atoms with E-state index >= 15 is 0 Å². The van der Waals surface area contributed by atoms with Gasteiger partial charge in [0.25, 0.3) is 0 Å². The first kappa shape index (κ1) is 17.4. The van der Waals surface area contributed by atoms with E-state index in [2.05, 4.69) is 20.9 Å². The Morgan fingerprint density at radius 3 is 2.81 bits per heavy atom. The van der Waals surface area contributed by atoms with Gasteiger partial charge in [0.2, 0.25) is 5.91 Å². The number of nitrogens with one attached hydrogen (secondary N) is 1. The minimum absolute atomic E-state index is 0.143. The molecule has 0 aliphatic carbocycles. The van der Waals surface area contributed by atoms with E-state index in [4.69, 9.17) is 9.47 Å². The van der Waals surface area contributed by atoms with Crippen LogP contribution in [0.1, 0.15) is 36.1 Å². The second-order valence-electron chi connectivity index (χ2n) is 7.73. The van der Waals surface area contributed by atoms with Crippen molar-refractivity contribution in [2.75, 3.05) is 32.9 Å². The third kappa shape index (κ3) is 3.11. The van der Waals surface area contributed by atoms with E-state index in [9.17, 15) is 4.79 Å². The summed E-state index contributed by atoms with van der Waals surface area (Å²) in [5.74, 6) is 0.456. The molecule has 2 aromatic heterocycles. The Kier molecular flexibility index (Phi) is 4.53. The van der Waals surface area contributed by atoms with Crippen LogP contribution in [-0.2, 0) is 26.3 Å². The average molecular weight is 388 g/mol. The Morgan fingerprint density at radius 2 is 2.07 bits per heavy atom. The molecule has 5 heterocycles. The van der Waals surface area contributed by atoms with Crippen molar-refractivity contribution in [3.8, 4) is 10.6 Å². The number of nitrogens with zero attached hydrogens (tertiary/aromatic N) is 2. The minimum Gasteiger partial charge on any atom is -0.381 e. The number of imidazole rings is 1. The summed E-state index contributed by atoms with van der Waals surface area (Å²) in [5.41, 5.74) is 2.25. The average Bonchev–Trinajstić information content (AvgIpc) is 3.39. The molecule has 5 rings (SSSR count). The standard InChI is InChI=1S/C20H25N3O3S/c24-19(14-1-8-25-9-2-14)23-6-4-20(5-7-23)18-15(3-10-26-20)11-17(27-18)16-12-21-13-22-16/h11-14H,1-10H2,(H,21,22). The smallest absolute Gasteiger partial charge is 0.225 e. The van der Waals surface area contributed by atoms with Crippen LogP contribution in [0.15, 0.2) is 18.6 Å². The van der Waals surface area contributed by atoms with Crippen LogP contribution >= 0.6 is 11.3 Å². The van der Waals surface area contributed by atoms with Crippen LogP contribution < -0.4 is 0 Å². The van der Waals surface area contributed by atoms with Gasteiger partial charge in [0.1, 0.15) is 5.60 Å². The Balaban J connectivity index is 1.33. The molecule has 0 aromatic carbocycles. The first-order valence-electron chi connectivity index (χ1n) is 9.88. The molecule has 6 nitrogen and oxygen atoms in total. The number of ether oxygens (including phenoxy) is 2. The van der Waals surface area contributed by atoms with Crippen LogP contribution in [0, 0.1) is 5.92 Å². The van der Waals surface area contributed by atoms with Crippen LogP contribution in [0.25, 0.3) is 10.6 Å². The number of hydrogen-bond acceptors (Lipinski definition) is 5. The maximum atomic E-state index is 12.9. The summed E-state index contributed by atoms with van der Waals surface area (Å²) in [5, 5.41) is 0. The van der Waals surface area contributed by atoms with Crippen molar-refractivity contribution < 1.29 is 14.3 Å². The number of likely N-dealkylation sites (tertiary alicyclic amines) is 1. The quantitative estimate of drug-likeness (QED) is 0.860. The van der Waals surface area contributed by atoms with Gasteiger partial charge >= 0.3 is 0 Å². The highest BCUT2D eigenvalue weighted by Crippen LogP contribution is 2.47. The summed E-state index contributed by atoms with van der Waals surface area (Å²) in [6.07, 6.45) is 8.06. The van der Waals surface area contributed by atoms with Crippen molar-refractivity contribution in [1.82, 2.24) is 14.9 Å². The number of carbonyl (C=O) groups is 1. The molecule has 0 saturated carbocycles. The van der Waals surface area contributed by atoms with Gasteiger partial charge in [0, 0.05) is 37.1 Å². The number of amides is 1. The van der Waals surface area contributed by atoms with Gasteiger partial charge in [0.15, 0.2) is 0 Å². The first-order chi connectivity index (χ1) is 13.3. The topological polar surface area (TPSA) is 67.4 Å². The maximum absolute atomic E-state index is 12.9. The molecule has 2 aromatic rings. The number of aromatic amines is 1. The monoisotopic (exact) mass is 387 g/mol. The number of fused-ring (bicyclic) bond motifs is 2. The maximum Gasteiger partial charge on any atom is 0.225 e. The van der Waals surface area contributed by atoms with Gasteiger partial charge in [-0.3, -0.25) is 4.79 Å². The van der Waals surface area contributed by atoms with Crippen molar-refractivity contribution in [3.63, 3.8) is 0 Å². The lowest BCUT2D eigenvalue weighted by atomic mass is 9.84. The second-order valence-corrected chi connectivity index (χ2v) is 8.79. The highest BCUT2D eigenvalue weighted by Gasteiger charge is 2.44. The molecule has 0 bridgehead atoms. The Bertz CT molecular complexity index is 803. The van der Waals surface area contributed by atoms with Crippen LogP contribution in [0.3, 0.4) is 0 Å². The minimum atomic E-state index is -0.219. The molecule has 0 unspecified atom stereocenters. The molecule has 3 aliphatic heterocycles. The molecule has 1 spiro atoms. The van der Waals surface area contributed by atoms with E-state index in [1.54, 1.807) is 6.33 Å². The third-order valence-electron chi connectivity index (χ3n) is 6.19. The fourth-order valence-electron chi connectivity index (χ4n) is 4.61. The number of piperidine rings is 1. The lowest BCUT2D eigenvalue weighted by molar-refractivity contribution is -0.147. The van der Waals surface area contributed by atoms with Gasteiger partial charge < -0.3 is 19.4 Å². The number of thiophene rings is 1. The van der Waals surface area contributed by atoms with Gasteiger partial charge in [-0.15, -0.1) is 11.3 Å². The lowest BCUT2D eigenvalue weighted by Gasteiger charge is -2.44. The number of H-pyrrole nitrogens is 1. The molecule has 144 valence electrons. The van der Waals surface area contributed by atoms with Gasteiger partial charge in [-0.05, 0) is 43.7 Å². The fourth-order valence-corrected chi connectivity index (χ4v) is 5.99. The second kappa shape index (κ2) is 7.04. The molecule has 27 heavy (non-hydrogen) atoms. The largest absolute Gasteiger partial charge is 0.381 e. The SMILES string of the molecule is O=C(C1CCOCC1)N1CCC2(CC1)OCCc1cc(-c3cnc[nH]3)sc12. The molecule has 1 amide bonds. The van der Waals surface area contributed by atoms with Crippen molar-refractivity contribution in [2.24, 2.45) is 5.92 Å². The molecule has 2 fully saturated rings. The summed E-state index contributed by atoms with van der Waals surface area (Å²) in [4.78, 5) is 24.8. The zero-order valence-electron chi connectivity index (χ0n) is 15.4. The first-order valence-corrected chi connectivity index (χ1v) is 10.7. The molecular weight excluding hydrogens is 362 g/mol. The van der Waals surface area contributed by atoms with E-state index in [1.807, 2.05) is 17.5 Å². The molecule has 0 radical (unpaired) electrons. The summed E-state index contributed by atoms with van der Waals surface area (Å²) in [6.45, 7) is 3.76. The molecular formula is C20H25N3O3S. The summed E-state index contributed by atoms with van der Waals surface area (Å²) in [7, 11) is 0. The Labute approximate surface area is 162 Å². The predicted molar refractivity (Wildman–Crippen MR) is 103 cm³/mol. The van der Waals surface area contributed by atoms with Crippen molar-refractivity contribution in [3.05, 3.63) is 29.0 Å². The number of rotatable bonds is 2. The summed E-state index contributed by atoms with van der Waals surface area (Å²) >= 11 is 1.82. The van der Waals surface area contributed by atoms with Gasteiger partial charge in [-0.2, -0.15) is 0 Å². The molecule has 7 heteroatoms. The predicted octanol–water partition coefficient (Wildman–Crippen LogP) is 2.96. The number of aromatic nitrogens is 2. The van der Waals surface area contributed by atoms with Crippen LogP contribution in [0.2, 0.25) is 0 Å². The van der Waals surface area contributed by atoms with Crippen LogP contribution in [-0.4, -0.2) is 53.7 Å². The van der Waals surface area contributed by atoms with E-state index in [1.165, 1.54) is 15.3 Å². The van der Waals surface area contributed by atoms with E-state index in [-0.39, 0.29) is 11.5 Å². The summed E-state index contributed by atoms with van der Waals surface area (Å²) < 4.78 is 11.8. The molecule has 1 N–H and O–H groups in total. The highest BCUT2D eigenvalue weighted by molar-refractivity contribution is 7.15. The number of hydrogen-bond donors (Lipinski definition) is 1. The van der Waals surface area contributed by atoms with Crippen molar-refractivity contribution in [1.29, 1.82) is 0 Å². The third-order valence-corrected chi connectivity index (χ3v) is 7.59. The van der Waals surface area contributed by atoms with Crippen LogP contribution in [0.4, 0.5) is 0 Å². The van der Waals surface area contributed by atoms with Gasteiger partial charge in [-0.25, -0.2) is 4.98 Å². The van der Waals surface area contributed by atoms with Gasteiger partial charge in [0.05, 0.1) is 29.7 Å². The van der Waals surface area contributed by atoms with E-state index in [0.29, 0.717) is 19.1 Å². The van der Waals surface area contributed by atoms with E-state index in [0.717, 1.165) is 57.5 Å². The molecule has 2 saturated heterocycles. The van der Waals surface area contributed by atoms with Crippen molar-refractivity contribution in [2.45, 2.75) is 37.7 Å². The summed E-state index contributed by atoms with van der Waals surface area (Å²) in [6, 6.07) is 2.29. The van der Waals surface area contributed by atoms with Crippen LogP contribution in [0.5, 0.6) is 0 Å². The van der Waals surface area contributed by atoms with Gasteiger partial charge in [-0.1, -0.05) is 0 Å². The zero-order valence-corrected chi connectivity index (χ0v) is 16.2. The normalized spacial score (nSPS) is 22.7. The lowest BCUT2D eigenvalue weighted by Crippen LogP contribution is -2.49. The van der Waals surface area contributed by atoms with E-state index < -0.39 is 0 Å².